The maximum Gasteiger partial charge on any atom is 0.416 e. The Morgan fingerprint density at radius 2 is 1.70 bits per heavy atom. The van der Waals surface area contributed by atoms with Gasteiger partial charge in [0.15, 0.2) is 0 Å². The monoisotopic (exact) mass is 432 g/mol. The first-order valence-electron chi connectivity index (χ1n) is 6.62. The van der Waals surface area contributed by atoms with E-state index in [9.17, 15) is 23.1 Å². The molecule has 6 heteroatoms. The lowest BCUT2D eigenvalue weighted by molar-refractivity contribution is -0.137. The lowest BCUT2D eigenvalue weighted by atomic mass is 10.00. The standard InChI is InChI=1S/C17H12F3IO2/c18-17(19,20)13-8-4-7-12(10-13)15(16(21)23)14(22)9-11-5-2-1-3-6-11/h1-8,10,22H,9H2. The Kier molecular flexibility index (Phi) is 5.46. The molecule has 120 valence electrons. The van der Waals surface area contributed by atoms with E-state index in [1.54, 1.807) is 24.3 Å². The van der Waals surface area contributed by atoms with E-state index in [-0.39, 0.29) is 23.3 Å². The smallest absolute Gasteiger partial charge is 0.416 e. The van der Waals surface area contributed by atoms with Crippen LogP contribution in [0.1, 0.15) is 16.7 Å². The molecule has 2 rings (SSSR count). The van der Waals surface area contributed by atoms with E-state index in [0.717, 1.165) is 17.7 Å². The van der Waals surface area contributed by atoms with Gasteiger partial charge in [-0.3, -0.25) is 4.79 Å². The number of halogens is 4. The number of rotatable bonds is 4. The lowest BCUT2D eigenvalue weighted by Gasteiger charge is -2.11. The average molecular weight is 432 g/mol. The highest BCUT2D eigenvalue weighted by Gasteiger charge is 2.31. The summed E-state index contributed by atoms with van der Waals surface area (Å²) in [6.45, 7) is 0. The number of benzene rings is 2. The summed E-state index contributed by atoms with van der Waals surface area (Å²) in [5, 5.41) is 10.3. The first-order chi connectivity index (χ1) is 10.8. The van der Waals surface area contributed by atoms with Crippen molar-refractivity contribution < 1.29 is 23.1 Å². The molecule has 2 aromatic rings. The zero-order chi connectivity index (χ0) is 17.0. The predicted octanol–water partition coefficient (Wildman–Crippen LogP) is 5.18. The number of aliphatic hydroxyl groups excluding tert-OH is 1. The molecule has 0 aliphatic carbocycles. The van der Waals surface area contributed by atoms with Gasteiger partial charge in [0.2, 0.25) is 3.79 Å². The van der Waals surface area contributed by atoms with Crippen LogP contribution in [0.5, 0.6) is 0 Å². The minimum absolute atomic E-state index is 0.0488. The number of hydrogen-bond acceptors (Lipinski definition) is 2. The molecular formula is C17H12F3IO2. The number of aliphatic hydroxyl groups is 1. The predicted molar refractivity (Wildman–Crippen MR) is 90.2 cm³/mol. The fourth-order valence-electron chi connectivity index (χ4n) is 2.12. The van der Waals surface area contributed by atoms with E-state index in [1.165, 1.54) is 34.7 Å². The van der Waals surface area contributed by atoms with Crippen LogP contribution in [0.3, 0.4) is 0 Å². The summed E-state index contributed by atoms with van der Waals surface area (Å²) in [4.78, 5) is 11.8. The summed E-state index contributed by atoms with van der Waals surface area (Å²) in [7, 11) is 0. The molecule has 0 spiro atoms. The minimum Gasteiger partial charge on any atom is -0.511 e. The molecule has 2 nitrogen and oxygen atoms in total. The van der Waals surface area contributed by atoms with Gasteiger partial charge in [-0.2, -0.15) is 13.2 Å². The molecule has 0 aromatic heterocycles. The fraction of sp³-hybridized carbons (Fsp3) is 0.118. The van der Waals surface area contributed by atoms with Crippen molar-refractivity contribution in [3.8, 4) is 0 Å². The average Bonchev–Trinajstić information content (AvgIpc) is 2.47. The zero-order valence-electron chi connectivity index (χ0n) is 11.8. The number of carbonyl (C=O) groups excluding carboxylic acids is 1. The quantitative estimate of drug-likeness (QED) is 0.313. The van der Waals surface area contributed by atoms with Crippen LogP contribution < -0.4 is 0 Å². The molecule has 0 atom stereocenters. The highest BCUT2D eigenvalue weighted by molar-refractivity contribution is 14.1. The molecular weight excluding hydrogens is 420 g/mol. The molecule has 2 aromatic carbocycles. The minimum atomic E-state index is -4.51. The molecule has 0 amide bonds. The normalized spacial score (nSPS) is 12.7. The third kappa shape index (κ3) is 4.57. The van der Waals surface area contributed by atoms with Crippen LogP contribution >= 0.6 is 22.6 Å². The third-order valence-corrected chi connectivity index (χ3v) is 3.72. The van der Waals surface area contributed by atoms with Crippen LogP contribution in [-0.4, -0.2) is 8.90 Å². The topological polar surface area (TPSA) is 37.3 Å². The second-order valence-electron chi connectivity index (χ2n) is 4.84. The van der Waals surface area contributed by atoms with Gasteiger partial charge in [-0.15, -0.1) is 0 Å². The summed E-state index contributed by atoms with van der Waals surface area (Å²) in [5.41, 5.74) is -0.169. The summed E-state index contributed by atoms with van der Waals surface area (Å²) >= 11 is 1.46. The molecule has 0 radical (unpaired) electrons. The summed E-state index contributed by atoms with van der Waals surface area (Å²) in [6, 6.07) is 13.3. The fourth-order valence-corrected chi connectivity index (χ4v) is 2.74. The molecule has 0 saturated carbocycles. The van der Waals surface area contributed by atoms with Gasteiger partial charge in [0.05, 0.1) is 11.1 Å². The Hall–Kier alpha value is -1.83. The van der Waals surface area contributed by atoms with E-state index in [1.807, 2.05) is 6.07 Å². The van der Waals surface area contributed by atoms with Gasteiger partial charge in [0.25, 0.3) is 0 Å². The van der Waals surface area contributed by atoms with Crippen molar-refractivity contribution in [1.82, 2.24) is 0 Å². The molecule has 1 N–H and O–H groups in total. The van der Waals surface area contributed by atoms with E-state index in [0.29, 0.717) is 0 Å². The van der Waals surface area contributed by atoms with E-state index >= 15 is 0 Å². The van der Waals surface area contributed by atoms with Crippen molar-refractivity contribution in [1.29, 1.82) is 0 Å². The van der Waals surface area contributed by atoms with Gasteiger partial charge in [-0.1, -0.05) is 42.5 Å². The molecule has 0 aliphatic heterocycles. The number of alkyl halides is 3. The Morgan fingerprint density at radius 3 is 2.26 bits per heavy atom. The van der Waals surface area contributed by atoms with Crippen molar-refractivity contribution in [2.24, 2.45) is 0 Å². The van der Waals surface area contributed by atoms with Gasteiger partial charge in [0, 0.05) is 29.0 Å². The summed E-state index contributed by atoms with van der Waals surface area (Å²) < 4.78 is 37.9. The SMILES string of the molecule is O=C(I)C(=C(O)Cc1ccccc1)c1cccc(C(F)(F)F)c1. The first kappa shape index (κ1) is 17.5. The van der Waals surface area contributed by atoms with Crippen LogP contribution in [-0.2, 0) is 17.4 Å². The summed E-state index contributed by atoms with van der Waals surface area (Å²) in [6.07, 6.45) is -4.44. The largest absolute Gasteiger partial charge is 0.511 e. The van der Waals surface area contributed by atoms with E-state index < -0.39 is 15.5 Å². The molecule has 0 saturated heterocycles. The highest BCUT2D eigenvalue weighted by Crippen LogP contribution is 2.32. The van der Waals surface area contributed by atoms with Crippen molar-refractivity contribution in [3.05, 3.63) is 77.0 Å². The lowest BCUT2D eigenvalue weighted by Crippen LogP contribution is -2.07. The van der Waals surface area contributed by atoms with E-state index in [4.69, 9.17) is 0 Å². The highest BCUT2D eigenvalue weighted by atomic mass is 127. The number of allylic oxidation sites excluding steroid dienone is 2. The second kappa shape index (κ2) is 7.16. The Morgan fingerprint density at radius 1 is 1.04 bits per heavy atom. The molecule has 0 heterocycles. The molecule has 23 heavy (non-hydrogen) atoms. The van der Waals surface area contributed by atoms with Crippen LogP contribution in [0.15, 0.2) is 60.4 Å². The van der Waals surface area contributed by atoms with Crippen molar-refractivity contribution in [2.45, 2.75) is 12.6 Å². The zero-order valence-corrected chi connectivity index (χ0v) is 13.9. The first-order valence-corrected chi connectivity index (χ1v) is 7.70. The van der Waals surface area contributed by atoms with Gasteiger partial charge in [-0.25, -0.2) is 0 Å². The number of carbonyl (C=O) groups is 1. The third-order valence-electron chi connectivity index (χ3n) is 3.18. The van der Waals surface area contributed by atoms with Crippen molar-refractivity contribution in [2.75, 3.05) is 0 Å². The van der Waals surface area contributed by atoms with Gasteiger partial charge in [0.1, 0.15) is 5.76 Å². The van der Waals surface area contributed by atoms with Crippen LogP contribution in [0, 0.1) is 0 Å². The molecule has 0 bridgehead atoms. The Labute approximate surface area is 144 Å². The van der Waals surface area contributed by atoms with Crippen molar-refractivity contribution >= 4 is 32.0 Å². The molecule has 0 fully saturated rings. The van der Waals surface area contributed by atoms with Crippen LogP contribution in [0.25, 0.3) is 5.57 Å². The van der Waals surface area contributed by atoms with Gasteiger partial charge < -0.3 is 5.11 Å². The van der Waals surface area contributed by atoms with Crippen molar-refractivity contribution in [3.63, 3.8) is 0 Å². The second-order valence-corrected chi connectivity index (χ2v) is 5.82. The maximum atomic E-state index is 12.8. The van der Waals surface area contributed by atoms with Crippen LogP contribution in [0.2, 0.25) is 0 Å². The van der Waals surface area contributed by atoms with Crippen LogP contribution in [0.4, 0.5) is 13.2 Å². The molecule has 0 aliphatic rings. The molecule has 0 unspecified atom stereocenters. The van der Waals surface area contributed by atoms with Gasteiger partial charge in [-0.05, 0) is 23.3 Å². The maximum absolute atomic E-state index is 12.8. The Bertz CT molecular complexity index is 737. The number of hydrogen-bond donors (Lipinski definition) is 1. The summed E-state index contributed by atoms with van der Waals surface area (Å²) in [5.74, 6) is -0.255. The Balaban J connectivity index is 2.46. The van der Waals surface area contributed by atoms with E-state index in [2.05, 4.69) is 0 Å². The van der Waals surface area contributed by atoms with Gasteiger partial charge >= 0.3 is 6.18 Å².